The first-order valence-electron chi connectivity index (χ1n) is 6.66. The lowest BCUT2D eigenvalue weighted by Crippen LogP contribution is -2.49. The van der Waals surface area contributed by atoms with Gasteiger partial charge in [0.15, 0.2) is 0 Å². The van der Waals surface area contributed by atoms with Crippen LogP contribution in [0.4, 0.5) is 5.69 Å². The number of aliphatic carboxylic acids is 1. The van der Waals surface area contributed by atoms with Crippen molar-refractivity contribution in [2.45, 2.75) is 39.8 Å². The van der Waals surface area contributed by atoms with Crippen molar-refractivity contribution >= 4 is 17.6 Å². The van der Waals surface area contributed by atoms with E-state index in [2.05, 4.69) is 5.32 Å². The number of rotatable bonds is 6. The minimum atomic E-state index is -0.963. The number of amides is 1. The van der Waals surface area contributed by atoms with Gasteiger partial charge in [0.1, 0.15) is 12.6 Å². The number of carboxylic acid groups (broad SMARTS) is 1. The molecule has 2 N–H and O–H groups in total. The van der Waals surface area contributed by atoms with Crippen LogP contribution in [0.5, 0.6) is 0 Å². The maximum Gasteiger partial charge on any atom is 0.323 e. The van der Waals surface area contributed by atoms with Crippen molar-refractivity contribution in [2.24, 2.45) is 0 Å². The standard InChI is InChI=1S/C15H22N2O3/c1-10(2)16-15(20)12(4)17(9-14(18)19)13-7-5-11(3)6-8-13/h5-8,10,12H,9H2,1-4H3,(H,16,20)(H,18,19). The molecule has 0 saturated heterocycles. The van der Waals surface area contributed by atoms with Gasteiger partial charge in [-0.3, -0.25) is 9.59 Å². The molecule has 0 spiro atoms. The van der Waals surface area contributed by atoms with E-state index in [0.29, 0.717) is 0 Å². The molecule has 0 aliphatic carbocycles. The Labute approximate surface area is 119 Å². The second-order valence-electron chi connectivity index (χ2n) is 5.20. The zero-order valence-electron chi connectivity index (χ0n) is 12.4. The van der Waals surface area contributed by atoms with Gasteiger partial charge in [-0.15, -0.1) is 0 Å². The van der Waals surface area contributed by atoms with Crippen LogP contribution in [0.15, 0.2) is 24.3 Å². The zero-order valence-corrected chi connectivity index (χ0v) is 12.4. The maximum absolute atomic E-state index is 12.1. The monoisotopic (exact) mass is 278 g/mol. The van der Waals surface area contributed by atoms with E-state index in [-0.39, 0.29) is 18.5 Å². The highest BCUT2D eigenvalue weighted by atomic mass is 16.4. The van der Waals surface area contributed by atoms with Gasteiger partial charge in [0, 0.05) is 11.7 Å². The highest BCUT2D eigenvalue weighted by Crippen LogP contribution is 2.18. The third-order valence-electron chi connectivity index (χ3n) is 2.95. The number of carbonyl (C=O) groups excluding carboxylic acids is 1. The molecule has 0 saturated carbocycles. The largest absolute Gasteiger partial charge is 0.480 e. The molecule has 1 atom stereocenters. The molecule has 1 aromatic carbocycles. The molecule has 0 bridgehead atoms. The van der Waals surface area contributed by atoms with E-state index in [1.165, 1.54) is 0 Å². The third kappa shape index (κ3) is 4.57. The first-order valence-corrected chi connectivity index (χ1v) is 6.66. The van der Waals surface area contributed by atoms with Crippen molar-refractivity contribution in [1.82, 2.24) is 5.32 Å². The van der Waals surface area contributed by atoms with Gasteiger partial charge in [0.05, 0.1) is 0 Å². The molecular weight excluding hydrogens is 256 g/mol. The normalized spacial score (nSPS) is 12.1. The van der Waals surface area contributed by atoms with E-state index in [1.807, 2.05) is 45.0 Å². The van der Waals surface area contributed by atoms with Crippen LogP contribution in [0.2, 0.25) is 0 Å². The van der Waals surface area contributed by atoms with Gasteiger partial charge < -0.3 is 15.3 Å². The predicted molar refractivity (Wildman–Crippen MR) is 78.9 cm³/mol. The quantitative estimate of drug-likeness (QED) is 0.832. The van der Waals surface area contributed by atoms with Gasteiger partial charge in [0.25, 0.3) is 0 Å². The Balaban J connectivity index is 2.96. The summed E-state index contributed by atoms with van der Waals surface area (Å²) in [6.07, 6.45) is 0. The number of nitrogens with one attached hydrogen (secondary N) is 1. The molecule has 0 aliphatic rings. The van der Waals surface area contributed by atoms with Crippen LogP contribution in [0.25, 0.3) is 0 Å². The van der Waals surface area contributed by atoms with Gasteiger partial charge in [0.2, 0.25) is 5.91 Å². The first kappa shape index (κ1) is 16.0. The lowest BCUT2D eigenvalue weighted by atomic mass is 10.1. The summed E-state index contributed by atoms with van der Waals surface area (Å²) in [5.74, 6) is -1.14. The summed E-state index contributed by atoms with van der Waals surface area (Å²) in [6, 6.07) is 6.94. The number of hydrogen-bond donors (Lipinski definition) is 2. The van der Waals surface area contributed by atoms with Gasteiger partial charge in [-0.2, -0.15) is 0 Å². The lowest BCUT2D eigenvalue weighted by Gasteiger charge is -2.29. The van der Waals surface area contributed by atoms with Crippen LogP contribution in [0, 0.1) is 6.92 Å². The fourth-order valence-corrected chi connectivity index (χ4v) is 1.88. The van der Waals surface area contributed by atoms with Crippen LogP contribution >= 0.6 is 0 Å². The molecular formula is C15H22N2O3. The van der Waals surface area contributed by atoms with Crippen molar-refractivity contribution in [1.29, 1.82) is 0 Å². The summed E-state index contributed by atoms with van der Waals surface area (Å²) in [6.45, 7) is 7.20. The van der Waals surface area contributed by atoms with E-state index in [9.17, 15) is 9.59 Å². The molecule has 5 nitrogen and oxygen atoms in total. The van der Waals surface area contributed by atoms with E-state index in [1.54, 1.807) is 11.8 Å². The maximum atomic E-state index is 12.1. The molecule has 0 fully saturated rings. The zero-order chi connectivity index (χ0) is 15.3. The Morgan fingerprint density at radius 2 is 1.75 bits per heavy atom. The summed E-state index contributed by atoms with van der Waals surface area (Å²) in [4.78, 5) is 24.7. The molecule has 20 heavy (non-hydrogen) atoms. The summed E-state index contributed by atoms with van der Waals surface area (Å²) < 4.78 is 0. The molecule has 1 unspecified atom stereocenters. The number of anilines is 1. The summed E-state index contributed by atoms with van der Waals surface area (Å²) in [5.41, 5.74) is 1.81. The fourth-order valence-electron chi connectivity index (χ4n) is 1.88. The van der Waals surface area contributed by atoms with Crippen molar-refractivity contribution in [3.8, 4) is 0 Å². The van der Waals surface area contributed by atoms with Gasteiger partial charge >= 0.3 is 5.97 Å². The Bertz CT molecular complexity index is 469. The average molecular weight is 278 g/mol. The Morgan fingerprint density at radius 1 is 1.20 bits per heavy atom. The summed E-state index contributed by atoms with van der Waals surface area (Å²) in [7, 11) is 0. The van der Waals surface area contributed by atoms with Crippen LogP contribution in [-0.2, 0) is 9.59 Å². The highest BCUT2D eigenvalue weighted by Gasteiger charge is 2.24. The molecule has 1 rings (SSSR count). The number of hydrogen-bond acceptors (Lipinski definition) is 3. The van der Waals surface area contributed by atoms with Crippen molar-refractivity contribution in [3.05, 3.63) is 29.8 Å². The van der Waals surface area contributed by atoms with E-state index in [4.69, 9.17) is 5.11 Å². The Hall–Kier alpha value is -2.04. The lowest BCUT2D eigenvalue weighted by molar-refractivity contribution is -0.135. The van der Waals surface area contributed by atoms with Crippen LogP contribution < -0.4 is 10.2 Å². The van der Waals surface area contributed by atoms with Gasteiger partial charge in [-0.1, -0.05) is 17.7 Å². The molecule has 1 amide bonds. The van der Waals surface area contributed by atoms with Gasteiger partial charge in [-0.05, 0) is 39.8 Å². The number of carbonyl (C=O) groups is 2. The number of nitrogens with zero attached hydrogens (tertiary/aromatic N) is 1. The fraction of sp³-hybridized carbons (Fsp3) is 0.467. The molecule has 0 aromatic heterocycles. The topological polar surface area (TPSA) is 69.6 Å². The average Bonchev–Trinajstić information content (AvgIpc) is 2.35. The molecule has 0 heterocycles. The second kappa shape index (κ2) is 6.93. The minimum absolute atomic E-state index is 0.0228. The predicted octanol–water partition coefficient (Wildman–Crippen LogP) is 1.80. The van der Waals surface area contributed by atoms with E-state index < -0.39 is 12.0 Å². The van der Waals surface area contributed by atoms with Gasteiger partial charge in [-0.25, -0.2) is 0 Å². The number of benzene rings is 1. The van der Waals surface area contributed by atoms with E-state index in [0.717, 1.165) is 11.3 Å². The second-order valence-corrected chi connectivity index (χ2v) is 5.20. The number of aryl methyl sites for hydroxylation is 1. The van der Waals surface area contributed by atoms with Crippen LogP contribution in [0.3, 0.4) is 0 Å². The van der Waals surface area contributed by atoms with Crippen LogP contribution in [-0.4, -0.2) is 35.6 Å². The molecule has 110 valence electrons. The summed E-state index contributed by atoms with van der Waals surface area (Å²) >= 11 is 0. The third-order valence-corrected chi connectivity index (χ3v) is 2.95. The smallest absolute Gasteiger partial charge is 0.323 e. The first-order chi connectivity index (χ1) is 9.31. The van der Waals surface area contributed by atoms with Crippen molar-refractivity contribution < 1.29 is 14.7 Å². The van der Waals surface area contributed by atoms with E-state index >= 15 is 0 Å². The summed E-state index contributed by atoms with van der Waals surface area (Å²) in [5, 5.41) is 11.8. The van der Waals surface area contributed by atoms with Crippen molar-refractivity contribution in [2.75, 3.05) is 11.4 Å². The highest BCUT2D eigenvalue weighted by molar-refractivity contribution is 5.87. The Kier molecular flexibility index (Phi) is 5.55. The molecule has 1 aromatic rings. The molecule has 0 radical (unpaired) electrons. The van der Waals surface area contributed by atoms with Crippen molar-refractivity contribution in [3.63, 3.8) is 0 Å². The minimum Gasteiger partial charge on any atom is -0.480 e. The number of carboxylic acids is 1. The SMILES string of the molecule is Cc1ccc(N(CC(=O)O)C(C)C(=O)NC(C)C)cc1. The molecule has 0 aliphatic heterocycles. The molecule has 5 heteroatoms. The van der Waals surface area contributed by atoms with Crippen LogP contribution in [0.1, 0.15) is 26.3 Å². The Morgan fingerprint density at radius 3 is 2.20 bits per heavy atom.